The van der Waals surface area contributed by atoms with Crippen LogP contribution in [0.5, 0.6) is 0 Å². The molecule has 0 unspecified atom stereocenters. The van der Waals surface area contributed by atoms with Crippen LogP contribution in [0.25, 0.3) is 0 Å². The third-order valence-electron chi connectivity index (χ3n) is 3.61. The number of anilines is 2. The number of rotatable bonds is 7. The van der Waals surface area contributed by atoms with Crippen LogP contribution in [0.15, 0.2) is 35.1 Å². The molecule has 0 saturated carbocycles. The van der Waals surface area contributed by atoms with E-state index >= 15 is 0 Å². The van der Waals surface area contributed by atoms with E-state index in [0.29, 0.717) is 17.9 Å². The van der Waals surface area contributed by atoms with Crippen molar-refractivity contribution in [1.82, 2.24) is 9.78 Å². The fourth-order valence-electron chi connectivity index (χ4n) is 2.24. The first-order valence-corrected chi connectivity index (χ1v) is 10.1. The van der Waals surface area contributed by atoms with E-state index in [4.69, 9.17) is 0 Å². The van der Waals surface area contributed by atoms with Gasteiger partial charge in [0.2, 0.25) is 10.0 Å². The van der Waals surface area contributed by atoms with Crippen LogP contribution in [-0.4, -0.2) is 30.4 Å². The first-order valence-electron chi connectivity index (χ1n) is 8.17. The van der Waals surface area contributed by atoms with Gasteiger partial charge in [-0.2, -0.15) is 5.10 Å². The molecule has 2 N–H and O–H groups in total. The molecule has 1 amide bonds. The Bertz CT molecular complexity index is 967. The molecule has 0 bridgehead atoms. The Kier molecular flexibility index (Phi) is 6.14. The molecule has 0 spiro atoms. The van der Waals surface area contributed by atoms with Crippen LogP contribution < -0.4 is 15.6 Å². The second-order valence-corrected chi connectivity index (χ2v) is 7.74. The Hall–Kier alpha value is -2.68. The maximum atomic E-state index is 12.4. The fraction of sp³-hybridized carbons (Fsp3) is 0.353. The van der Waals surface area contributed by atoms with E-state index in [0.717, 1.165) is 24.7 Å². The predicted molar refractivity (Wildman–Crippen MR) is 101 cm³/mol. The Morgan fingerprint density at radius 2 is 1.96 bits per heavy atom. The van der Waals surface area contributed by atoms with Gasteiger partial charge < -0.3 is 5.32 Å². The van der Waals surface area contributed by atoms with Gasteiger partial charge >= 0.3 is 0 Å². The maximum Gasteiger partial charge on any atom is 0.276 e. The van der Waals surface area contributed by atoms with E-state index in [-0.39, 0.29) is 11.3 Å². The highest BCUT2D eigenvalue weighted by atomic mass is 32.2. The minimum atomic E-state index is -3.43. The van der Waals surface area contributed by atoms with Gasteiger partial charge in [-0.05, 0) is 37.1 Å². The summed E-state index contributed by atoms with van der Waals surface area (Å²) >= 11 is 0. The summed E-state index contributed by atoms with van der Waals surface area (Å²) in [7, 11) is -3.43. The Morgan fingerprint density at radius 3 is 2.62 bits per heavy atom. The highest BCUT2D eigenvalue weighted by molar-refractivity contribution is 7.92. The third-order valence-corrected chi connectivity index (χ3v) is 4.20. The lowest BCUT2D eigenvalue weighted by molar-refractivity contribution is 0.101. The van der Waals surface area contributed by atoms with Crippen LogP contribution in [0.4, 0.5) is 11.4 Å². The number of nitrogens with zero attached hydrogens (tertiary/aromatic N) is 2. The molecular weight excluding hydrogens is 356 g/mol. The van der Waals surface area contributed by atoms with Crippen molar-refractivity contribution in [3.8, 4) is 0 Å². The van der Waals surface area contributed by atoms with Crippen LogP contribution in [-0.2, 0) is 16.6 Å². The summed E-state index contributed by atoms with van der Waals surface area (Å²) in [6.07, 6.45) is 2.75. The Labute approximate surface area is 152 Å². The van der Waals surface area contributed by atoms with E-state index < -0.39 is 15.9 Å². The molecule has 140 valence electrons. The predicted octanol–water partition coefficient (Wildman–Crippen LogP) is 1.98. The molecule has 1 aromatic heterocycles. The summed E-state index contributed by atoms with van der Waals surface area (Å²) in [5.74, 6) is -0.482. The van der Waals surface area contributed by atoms with Gasteiger partial charge in [0, 0.05) is 18.3 Å². The van der Waals surface area contributed by atoms with Gasteiger partial charge in [0.1, 0.15) is 5.69 Å². The summed E-state index contributed by atoms with van der Waals surface area (Å²) < 4.78 is 26.5. The second-order valence-electron chi connectivity index (χ2n) is 5.99. The molecule has 0 fully saturated rings. The van der Waals surface area contributed by atoms with Crippen LogP contribution in [0, 0.1) is 6.92 Å². The van der Waals surface area contributed by atoms with Crippen molar-refractivity contribution in [3.63, 3.8) is 0 Å². The molecule has 0 radical (unpaired) electrons. The second kappa shape index (κ2) is 8.13. The fourth-order valence-corrected chi connectivity index (χ4v) is 2.86. The molecule has 8 nitrogen and oxygen atoms in total. The number of hydrogen-bond acceptors (Lipinski definition) is 5. The lowest BCUT2D eigenvalue weighted by Crippen LogP contribution is -2.26. The molecule has 0 aliphatic heterocycles. The van der Waals surface area contributed by atoms with Gasteiger partial charge in [0.15, 0.2) is 0 Å². The number of benzene rings is 1. The van der Waals surface area contributed by atoms with E-state index in [1.54, 1.807) is 19.1 Å². The number of unbranched alkanes of at least 4 members (excludes halogenated alkanes) is 1. The molecule has 26 heavy (non-hydrogen) atoms. The monoisotopic (exact) mass is 378 g/mol. The van der Waals surface area contributed by atoms with Crippen molar-refractivity contribution >= 4 is 27.3 Å². The molecule has 1 aromatic carbocycles. The van der Waals surface area contributed by atoms with Crippen molar-refractivity contribution in [2.24, 2.45) is 0 Å². The molecule has 2 rings (SSSR count). The zero-order valence-corrected chi connectivity index (χ0v) is 15.8. The topological polar surface area (TPSA) is 110 Å². The molecule has 9 heteroatoms. The van der Waals surface area contributed by atoms with Crippen LogP contribution in [0.1, 0.15) is 35.8 Å². The van der Waals surface area contributed by atoms with Crippen molar-refractivity contribution in [2.45, 2.75) is 33.2 Å². The normalized spacial score (nSPS) is 11.2. The van der Waals surface area contributed by atoms with Gasteiger partial charge in [-0.15, -0.1) is 0 Å². The number of amides is 1. The van der Waals surface area contributed by atoms with Gasteiger partial charge in [0.05, 0.1) is 11.9 Å². The van der Waals surface area contributed by atoms with Crippen LogP contribution in [0.3, 0.4) is 0 Å². The van der Waals surface area contributed by atoms with Crippen molar-refractivity contribution < 1.29 is 13.2 Å². The molecule has 2 aromatic rings. The molecule has 1 heterocycles. The molecule has 0 aliphatic rings. The van der Waals surface area contributed by atoms with Crippen molar-refractivity contribution in [2.75, 3.05) is 16.3 Å². The largest absolute Gasteiger partial charge is 0.321 e. The Balaban J connectivity index is 2.22. The number of sulfonamides is 1. The SMILES string of the molecule is CCCCn1nc(C(=O)Nc2ccc(C)c(NS(C)(=O)=O)c2)ccc1=O. The van der Waals surface area contributed by atoms with Crippen LogP contribution >= 0.6 is 0 Å². The number of carbonyl (C=O) groups excluding carboxylic acids is 1. The first kappa shape index (κ1) is 19.6. The maximum absolute atomic E-state index is 12.4. The van der Waals surface area contributed by atoms with E-state index in [9.17, 15) is 18.0 Å². The van der Waals surface area contributed by atoms with E-state index in [1.807, 2.05) is 6.92 Å². The average molecular weight is 378 g/mol. The minimum absolute atomic E-state index is 0.110. The zero-order valence-electron chi connectivity index (χ0n) is 14.9. The summed E-state index contributed by atoms with van der Waals surface area (Å²) in [6.45, 7) is 4.20. The summed E-state index contributed by atoms with van der Waals surface area (Å²) in [4.78, 5) is 24.2. The minimum Gasteiger partial charge on any atom is -0.321 e. The van der Waals surface area contributed by atoms with Gasteiger partial charge in [-0.1, -0.05) is 19.4 Å². The molecule has 0 saturated heterocycles. The zero-order chi connectivity index (χ0) is 19.3. The van der Waals surface area contributed by atoms with Gasteiger partial charge in [0.25, 0.3) is 11.5 Å². The first-order chi connectivity index (χ1) is 12.2. The Morgan fingerprint density at radius 1 is 1.23 bits per heavy atom. The number of carbonyl (C=O) groups is 1. The highest BCUT2D eigenvalue weighted by Crippen LogP contribution is 2.21. The third kappa shape index (κ3) is 5.41. The van der Waals surface area contributed by atoms with Crippen LogP contribution in [0.2, 0.25) is 0 Å². The standard InChI is InChI=1S/C17H22N4O4S/c1-4-5-10-21-16(22)9-8-14(19-21)17(23)18-13-7-6-12(2)15(11-13)20-26(3,24)25/h6-9,11,20H,4-5,10H2,1-3H3,(H,18,23). The van der Waals surface area contributed by atoms with Gasteiger partial charge in [-0.3, -0.25) is 14.3 Å². The number of nitrogens with one attached hydrogen (secondary N) is 2. The number of aryl methyl sites for hydroxylation is 2. The van der Waals surface area contributed by atoms with E-state index in [1.165, 1.54) is 22.9 Å². The summed E-state index contributed by atoms with van der Waals surface area (Å²) in [5, 5.41) is 6.75. The van der Waals surface area contributed by atoms with Gasteiger partial charge in [-0.25, -0.2) is 13.1 Å². The van der Waals surface area contributed by atoms with E-state index in [2.05, 4.69) is 15.1 Å². The summed E-state index contributed by atoms with van der Waals surface area (Å²) in [5.41, 5.74) is 1.37. The van der Waals surface area contributed by atoms with Crippen molar-refractivity contribution in [3.05, 3.63) is 51.9 Å². The highest BCUT2D eigenvalue weighted by Gasteiger charge is 2.12. The molecule has 0 aliphatic carbocycles. The summed E-state index contributed by atoms with van der Waals surface area (Å²) in [6, 6.07) is 7.56. The number of aromatic nitrogens is 2. The molecular formula is C17H22N4O4S. The number of hydrogen-bond donors (Lipinski definition) is 2. The smallest absolute Gasteiger partial charge is 0.276 e. The lowest BCUT2D eigenvalue weighted by atomic mass is 10.2. The quantitative estimate of drug-likeness (QED) is 0.765. The van der Waals surface area contributed by atoms with Crippen molar-refractivity contribution in [1.29, 1.82) is 0 Å². The molecule has 0 atom stereocenters. The average Bonchev–Trinajstić information content (AvgIpc) is 2.55. The lowest BCUT2D eigenvalue weighted by Gasteiger charge is -2.11.